The number of hydrogen-bond acceptors (Lipinski definition) is 3. The van der Waals surface area contributed by atoms with Gasteiger partial charge in [-0.05, 0) is 62.8 Å². The maximum atomic E-state index is 11.3. The zero-order valence-corrected chi connectivity index (χ0v) is 19.4. The SMILES string of the molecule is CCC(=Cc1ccccc1)[C@@H]1C[C@H]1NC1CCC(NCC2(C(=O)O)CC2)CC1.Cl.Cl. The van der Waals surface area contributed by atoms with Crippen LogP contribution in [0, 0.1) is 11.3 Å². The Kier molecular flexibility index (Phi) is 9.23. The Labute approximate surface area is 193 Å². The van der Waals surface area contributed by atoms with E-state index < -0.39 is 11.4 Å². The Bertz CT molecular complexity index is 713. The molecule has 0 amide bonds. The number of carbonyl (C=O) groups is 1. The Morgan fingerprint density at radius 2 is 1.73 bits per heavy atom. The molecule has 3 aliphatic rings. The number of carboxylic acid groups (broad SMARTS) is 1. The summed E-state index contributed by atoms with van der Waals surface area (Å²) in [7, 11) is 0. The number of halogens is 2. The fourth-order valence-electron chi connectivity index (χ4n) is 4.75. The summed E-state index contributed by atoms with van der Waals surface area (Å²) < 4.78 is 0. The van der Waals surface area contributed by atoms with Crippen molar-refractivity contribution in [3.05, 3.63) is 41.5 Å². The van der Waals surface area contributed by atoms with Gasteiger partial charge in [-0.3, -0.25) is 4.79 Å². The van der Waals surface area contributed by atoms with Crippen molar-refractivity contribution in [2.45, 2.75) is 76.4 Å². The summed E-state index contributed by atoms with van der Waals surface area (Å²) >= 11 is 0. The van der Waals surface area contributed by atoms with Gasteiger partial charge in [-0.1, -0.05) is 48.9 Å². The maximum absolute atomic E-state index is 11.3. The summed E-state index contributed by atoms with van der Waals surface area (Å²) in [6, 6.07) is 12.4. The zero-order valence-electron chi connectivity index (χ0n) is 17.8. The third kappa shape index (κ3) is 6.23. The second-order valence-corrected chi connectivity index (χ2v) is 9.11. The molecule has 0 spiro atoms. The molecule has 1 aromatic rings. The van der Waals surface area contributed by atoms with Crippen LogP contribution in [-0.4, -0.2) is 35.7 Å². The molecule has 0 aliphatic heterocycles. The van der Waals surface area contributed by atoms with Crippen molar-refractivity contribution in [1.82, 2.24) is 10.6 Å². The maximum Gasteiger partial charge on any atom is 0.310 e. The zero-order chi connectivity index (χ0) is 19.6. The minimum absolute atomic E-state index is 0. The van der Waals surface area contributed by atoms with Crippen molar-refractivity contribution in [1.29, 1.82) is 0 Å². The highest BCUT2D eigenvalue weighted by atomic mass is 35.5. The van der Waals surface area contributed by atoms with Gasteiger partial charge in [-0.15, -0.1) is 24.8 Å². The van der Waals surface area contributed by atoms with Crippen LogP contribution in [0.25, 0.3) is 6.08 Å². The third-order valence-electron chi connectivity index (χ3n) is 7.04. The van der Waals surface area contributed by atoms with Gasteiger partial charge in [0.05, 0.1) is 5.41 Å². The summed E-state index contributed by atoms with van der Waals surface area (Å²) in [5, 5.41) is 16.8. The quantitative estimate of drug-likeness (QED) is 0.487. The van der Waals surface area contributed by atoms with E-state index in [-0.39, 0.29) is 24.8 Å². The van der Waals surface area contributed by atoms with Crippen LogP contribution < -0.4 is 10.6 Å². The first kappa shape index (κ1) is 25.2. The van der Waals surface area contributed by atoms with Crippen LogP contribution in [0.15, 0.2) is 35.9 Å². The summed E-state index contributed by atoms with van der Waals surface area (Å²) in [6.45, 7) is 2.92. The third-order valence-corrected chi connectivity index (χ3v) is 7.04. The number of rotatable bonds is 9. The Balaban J connectivity index is 0.00000160. The van der Waals surface area contributed by atoms with E-state index in [4.69, 9.17) is 0 Å². The molecule has 3 N–H and O–H groups in total. The van der Waals surface area contributed by atoms with E-state index in [2.05, 4.69) is 54.0 Å². The first-order valence-electron chi connectivity index (χ1n) is 11.1. The van der Waals surface area contributed by atoms with Crippen LogP contribution in [0.3, 0.4) is 0 Å². The number of aliphatic carboxylic acids is 1. The molecule has 168 valence electrons. The largest absolute Gasteiger partial charge is 0.481 e. The number of benzene rings is 1. The van der Waals surface area contributed by atoms with Crippen molar-refractivity contribution < 1.29 is 9.90 Å². The van der Waals surface area contributed by atoms with Gasteiger partial charge in [0.2, 0.25) is 0 Å². The van der Waals surface area contributed by atoms with Gasteiger partial charge < -0.3 is 15.7 Å². The molecule has 0 saturated heterocycles. The van der Waals surface area contributed by atoms with Gasteiger partial charge in [-0.2, -0.15) is 0 Å². The van der Waals surface area contributed by atoms with E-state index >= 15 is 0 Å². The molecule has 2 atom stereocenters. The Hall–Kier alpha value is -1.07. The van der Waals surface area contributed by atoms with Crippen LogP contribution in [0.2, 0.25) is 0 Å². The minimum atomic E-state index is -0.620. The molecule has 4 nitrogen and oxygen atoms in total. The molecule has 0 aromatic heterocycles. The Morgan fingerprint density at radius 1 is 1.10 bits per heavy atom. The summed E-state index contributed by atoms with van der Waals surface area (Å²) in [5.74, 6) is 0.0803. The van der Waals surface area contributed by atoms with Crippen LogP contribution in [-0.2, 0) is 4.79 Å². The molecule has 3 aliphatic carbocycles. The molecule has 0 radical (unpaired) electrons. The predicted octanol–water partition coefficient (Wildman–Crippen LogP) is 5.07. The van der Waals surface area contributed by atoms with Crippen LogP contribution in [0.1, 0.15) is 63.9 Å². The summed E-state index contributed by atoms with van der Waals surface area (Å²) in [6.07, 6.45) is 11.2. The standard InChI is InChI=1S/C24H34N2O2.2ClH/c1-2-18(14-17-6-4-3-5-7-17)21-15-22(21)26-20-10-8-19(9-11-20)25-16-24(12-13-24)23(27)28;;/h3-7,14,19-22,25-26H,2,8-13,15-16H2,1H3,(H,27,28);2*1H/t19?,20?,21-,22+;;/m0../s1. The Morgan fingerprint density at radius 3 is 2.30 bits per heavy atom. The molecule has 30 heavy (non-hydrogen) atoms. The molecular weight excluding hydrogens is 419 g/mol. The molecule has 3 saturated carbocycles. The van der Waals surface area contributed by atoms with Gasteiger partial charge in [-0.25, -0.2) is 0 Å². The van der Waals surface area contributed by atoms with Crippen LogP contribution in [0.5, 0.6) is 0 Å². The van der Waals surface area contributed by atoms with E-state index in [1.54, 1.807) is 5.57 Å². The van der Waals surface area contributed by atoms with Crippen LogP contribution in [0.4, 0.5) is 0 Å². The van der Waals surface area contributed by atoms with E-state index in [9.17, 15) is 9.90 Å². The molecule has 6 heteroatoms. The summed E-state index contributed by atoms with van der Waals surface area (Å²) in [4.78, 5) is 11.3. The molecule has 0 bridgehead atoms. The lowest BCUT2D eigenvalue weighted by Crippen LogP contribution is -2.43. The lowest BCUT2D eigenvalue weighted by molar-refractivity contribution is -0.143. The molecule has 1 aromatic carbocycles. The predicted molar refractivity (Wildman–Crippen MR) is 128 cm³/mol. The first-order chi connectivity index (χ1) is 13.6. The summed E-state index contributed by atoms with van der Waals surface area (Å²) in [5.41, 5.74) is 2.44. The highest BCUT2D eigenvalue weighted by Gasteiger charge is 2.50. The molecule has 0 heterocycles. The lowest BCUT2D eigenvalue weighted by Gasteiger charge is -2.31. The van der Waals surface area contributed by atoms with Gasteiger partial charge in [0.1, 0.15) is 0 Å². The minimum Gasteiger partial charge on any atom is -0.481 e. The van der Waals surface area contributed by atoms with Crippen molar-refractivity contribution in [3.63, 3.8) is 0 Å². The normalized spacial score (nSPS) is 29.3. The average Bonchev–Trinajstić information content (AvgIpc) is 3.63. The highest BCUT2D eigenvalue weighted by molar-refractivity contribution is 5.85. The van der Waals surface area contributed by atoms with E-state index in [1.807, 2.05) is 0 Å². The average molecular weight is 455 g/mol. The fraction of sp³-hybridized carbons (Fsp3) is 0.625. The first-order valence-corrected chi connectivity index (χ1v) is 11.1. The topological polar surface area (TPSA) is 61.4 Å². The molecule has 3 fully saturated rings. The smallest absolute Gasteiger partial charge is 0.310 e. The van der Waals surface area contributed by atoms with Crippen molar-refractivity contribution in [3.8, 4) is 0 Å². The van der Waals surface area contributed by atoms with Crippen molar-refractivity contribution in [2.75, 3.05) is 6.54 Å². The second-order valence-electron chi connectivity index (χ2n) is 9.11. The second kappa shape index (κ2) is 11.0. The molecular formula is C24H36Cl2N2O2. The number of hydrogen-bond donors (Lipinski definition) is 3. The van der Waals surface area contributed by atoms with E-state index in [0.29, 0.717) is 30.6 Å². The van der Waals surface area contributed by atoms with Gasteiger partial charge in [0.15, 0.2) is 0 Å². The van der Waals surface area contributed by atoms with Gasteiger partial charge in [0.25, 0.3) is 0 Å². The lowest BCUT2D eigenvalue weighted by atomic mass is 9.90. The monoisotopic (exact) mass is 454 g/mol. The molecule has 4 rings (SSSR count). The fourth-order valence-corrected chi connectivity index (χ4v) is 4.75. The highest BCUT2D eigenvalue weighted by Crippen LogP contribution is 2.45. The van der Waals surface area contributed by atoms with Gasteiger partial charge in [0, 0.05) is 24.7 Å². The number of carboxylic acids is 1. The number of nitrogens with one attached hydrogen (secondary N) is 2. The van der Waals surface area contributed by atoms with E-state index in [0.717, 1.165) is 32.1 Å². The van der Waals surface area contributed by atoms with Crippen LogP contribution >= 0.6 is 24.8 Å². The van der Waals surface area contributed by atoms with Crippen molar-refractivity contribution >= 4 is 36.9 Å². The molecule has 0 unspecified atom stereocenters. The van der Waals surface area contributed by atoms with Gasteiger partial charge >= 0.3 is 5.97 Å². The van der Waals surface area contributed by atoms with E-state index in [1.165, 1.54) is 24.8 Å². The van der Waals surface area contributed by atoms with Crippen molar-refractivity contribution in [2.24, 2.45) is 11.3 Å².